The van der Waals surface area contributed by atoms with E-state index in [-0.39, 0.29) is 18.3 Å². The molecule has 0 bridgehead atoms. The number of esters is 1. The van der Waals surface area contributed by atoms with Gasteiger partial charge in [-0.05, 0) is 19.4 Å². The Morgan fingerprint density at radius 3 is 2.77 bits per heavy atom. The van der Waals surface area contributed by atoms with Gasteiger partial charge in [-0.1, -0.05) is 17.9 Å². The summed E-state index contributed by atoms with van der Waals surface area (Å²) in [6.45, 7) is 3.81. The quantitative estimate of drug-likeness (QED) is 0.593. The molecule has 0 aliphatic rings. The van der Waals surface area contributed by atoms with Crippen molar-refractivity contribution in [1.82, 2.24) is 9.97 Å². The van der Waals surface area contributed by atoms with Crippen molar-refractivity contribution in [3.63, 3.8) is 0 Å². The normalized spacial score (nSPS) is 12.6. The molecule has 0 radical (unpaired) electrons. The highest BCUT2D eigenvalue weighted by Gasteiger charge is 2.22. The van der Waals surface area contributed by atoms with Crippen molar-refractivity contribution in [2.75, 3.05) is 13.7 Å². The Morgan fingerprint density at radius 1 is 1.35 bits per heavy atom. The van der Waals surface area contributed by atoms with Crippen LogP contribution in [0.4, 0.5) is 0 Å². The lowest BCUT2D eigenvalue weighted by molar-refractivity contribution is -0.143. The van der Waals surface area contributed by atoms with Gasteiger partial charge >= 0.3 is 5.97 Å². The van der Waals surface area contributed by atoms with Gasteiger partial charge < -0.3 is 14.6 Å². The van der Waals surface area contributed by atoms with Crippen LogP contribution in [-0.4, -0.2) is 40.9 Å². The van der Waals surface area contributed by atoms with Crippen molar-refractivity contribution in [3.8, 4) is 17.7 Å². The summed E-state index contributed by atoms with van der Waals surface area (Å²) < 4.78 is 10.2. The molecule has 0 aromatic carbocycles. The second kappa shape index (κ2) is 9.90. The minimum absolute atomic E-state index is 0.176. The highest BCUT2D eigenvalue weighted by Crippen LogP contribution is 2.31. The molecule has 0 aliphatic heterocycles. The maximum Gasteiger partial charge on any atom is 0.306 e. The van der Waals surface area contributed by atoms with Crippen LogP contribution < -0.4 is 4.74 Å². The molecule has 1 N–H and O–H groups in total. The van der Waals surface area contributed by atoms with Gasteiger partial charge in [-0.15, -0.1) is 11.3 Å². The van der Waals surface area contributed by atoms with Crippen LogP contribution in [0.1, 0.15) is 48.1 Å². The Labute approximate surface area is 157 Å². The highest BCUT2D eigenvalue weighted by atomic mass is 32.1. The predicted molar refractivity (Wildman–Crippen MR) is 99.2 cm³/mol. The van der Waals surface area contributed by atoms with E-state index in [0.29, 0.717) is 18.9 Å². The van der Waals surface area contributed by atoms with Crippen molar-refractivity contribution in [2.24, 2.45) is 0 Å². The number of carbonyl (C=O) groups is 1. The molecular formula is C19H22N2O4S. The average molecular weight is 374 g/mol. The predicted octanol–water partition coefficient (Wildman–Crippen LogP) is 2.75. The van der Waals surface area contributed by atoms with E-state index in [1.165, 1.54) is 11.3 Å². The van der Waals surface area contributed by atoms with E-state index in [0.717, 1.165) is 15.4 Å². The molecule has 138 valence electrons. The smallest absolute Gasteiger partial charge is 0.306 e. The third-order valence-corrected chi connectivity index (χ3v) is 4.50. The Bertz CT molecular complexity index is 775. The first kappa shape index (κ1) is 19.9. The van der Waals surface area contributed by atoms with Crippen molar-refractivity contribution >= 4 is 17.3 Å². The molecule has 2 aromatic heterocycles. The maximum absolute atomic E-state index is 12.0. The lowest BCUT2D eigenvalue weighted by Gasteiger charge is -2.14. The first-order chi connectivity index (χ1) is 12.5. The Balaban J connectivity index is 2.26. The van der Waals surface area contributed by atoms with Gasteiger partial charge in [0.2, 0.25) is 5.88 Å². The van der Waals surface area contributed by atoms with Crippen LogP contribution in [0.3, 0.4) is 0 Å². The molecule has 2 unspecified atom stereocenters. The lowest BCUT2D eigenvalue weighted by Crippen LogP contribution is -2.11. The van der Waals surface area contributed by atoms with Gasteiger partial charge in [-0.2, -0.15) is 0 Å². The molecule has 6 nitrogen and oxygen atoms in total. The average Bonchev–Trinajstić information content (AvgIpc) is 3.08. The fraction of sp³-hybridized carbons (Fsp3) is 0.421. The number of hydrogen-bond donors (Lipinski definition) is 1. The number of aliphatic hydroxyl groups is 1. The molecule has 0 amide bonds. The fourth-order valence-corrected chi connectivity index (χ4v) is 3.17. The number of thiazole rings is 1. The third-order valence-electron chi connectivity index (χ3n) is 3.48. The Kier molecular flexibility index (Phi) is 7.57. The molecular weight excluding hydrogens is 352 g/mol. The number of ether oxygens (including phenoxy) is 2. The topological polar surface area (TPSA) is 81.5 Å². The SMILES string of the molecule is CCOC(=O)CC(c1ccc(OC)nc1)c1ncc(C#CCC(C)O)s1. The van der Waals surface area contributed by atoms with Gasteiger partial charge in [0.1, 0.15) is 5.01 Å². The lowest BCUT2D eigenvalue weighted by atomic mass is 9.98. The minimum Gasteiger partial charge on any atom is -0.481 e. The van der Waals surface area contributed by atoms with Crippen molar-refractivity contribution in [2.45, 2.75) is 38.7 Å². The number of aromatic nitrogens is 2. The van der Waals surface area contributed by atoms with E-state index in [9.17, 15) is 9.90 Å². The Hall–Kier alpha value is -2.43. The Morgan fingerprint density at radius 2 is 2.15 bits per heavy atom. The minimum atomic E-state index is -0.461. The standard InChI is InChI=1S/C19H22N2O4S/c1-4-25-18(23)10-16(14-8-9-17(24-3)20-11-14)19-21-12-15(26-19)7-5-6-13(2)22/h8-9,11-13,16,22H,4,6,10H2,1-3H3. The van der Waals surface area contributed by atoms with Crippen LogP contribution in [0.5, 0.6) is 5.88 Å². The zero-order valence-corrected chi connectivity index (χ0v) is 15.9. The second-order valence-corrected chi connectivity index (χ2v) is 6.68. The molecule has 2 aromatic rings. The summed E-state index contributed by atoms with van der Waals surface area (Å²) in [4.78, 5) is 21.5. The number of methoxy groups -OCH3 is 1. The van der Waals surface area contributed by atoms with Gasteiger partial charge in [0, 0.05) is 24.6 Å². The van der Waals surface area contributed by atoms with Crippen LogP contribution in [0.15, 0.2) is 24.5 Å². The van der Waals surface area contributed by atoms with Gasteiger partial charge in [0.05, 0.1) is 37.3 Å². The van der Waals surface area contributed by atoms with E-state index in [2.05, 4.69) is 21.8 Å². The summed E-state index contributed by atoms with van der Waals surface area (Å²) in [6.07, 6.45) is 3.49. The van der Waals surface area contributed by atoms with E-state index < -0.39 is 6.10 Å². The number of nitrogens with zero attached hydrogens (tertiary/aromatic N) is 2. The molecule has 26 heavy (non-hydrogen) atoms. The summed E-state index contributed by atoms with van der Waals surface area (Å²) in [7, 11) is 1.55. The molecule has 0 saturated heterocycles. The number of aliphatic hydroxyl groups excluding tert-OH is 1. The molecule has 2 heterocycles. The first-order valence-corrected chi connectivity index (χ1v) is 9.13. The van der Waals surface area contributed by atoms with Crippen LogP contribution in [0.25, 0.3) is 0 Å². The van der Waals surface area contributed by atoms with Crippen LogP contribution >= 0.6 is 11.3 Å². The number of pyridine rings is 1. The van der Waals surface area contributed by atoms with Crippen LogP contribution in [0, 0.1) is 11.8 Å². The monoisotopic (exact) mass is 374 g/mol. The summed E-state index contributed by atoms with van der Waals surface area (Å²) in [5.41, 5.74) is 0.858. The highest BCUT2D eigenvalue weighted by molar-refractivity contribution is 7.12. The summed E-state index contributed by atoms with van der Waals surface area (Å²) in [5.74, 6) is 5.87. The largest absolute Gasteiger partial charge is 0.481 e. The maximum atomic E-state index is 12.0. The van der Waals surface area contributed by atoms with Gasteiger partial charge in [-0.25, -0.2) is 9.97 Å². The molecule has 2 rings (SSSR count). The van der Waals surface area contributed by atoms with Gasteiger partial charge in [0.15, 0.2) is 0 Å². The fourth-order valence-electron chi connectivity index (χ4n) is 2.25. The molecule has 2 atom stereocenters. The first-order valence-electron chi connectivity index (χ1n) is 8.31. The molecule has 0 saturated carbocycles. The summed E-state index contributed by atoms with van der Waals surface area (Å²) in [5, 5.41) is 10.1. The molecule has 7 heteroatoms. The van der Waals surface area contributed by atoms with Crippen LogP contribution in [-0.2, 0) is 9.53 Å². The number of carbonyl (C=O) groups excluding carboxylic acids is 1. The number of rotatable bonds is 7. The van der Waals surface area contributed by atoms with Gasteiger partial charge in [-0.3, -0.25) is 4.79 Å². The van der Waals surface area contributed by atoms with Crippen molar-refractivity contribution in [1.29, 1.82) is 0 Å². The van der Waals surface area contributed by atoms with E-state index in [1.54, 1.807) is 39.4 Å². The molecule has 0 fully saturated rings. The zero-order chi connectivity index (χ0) is 18.9. The summed E-state index contributed by atoms with van der Waals surface area (Å²) in [6, 6.07) is 3.63. The van der Waals surface area contributed by atoms with E-state index in [4.69, 9.17) is 9.47 Å². The number of hydrogen-bond acceptors (Lipinski definition) is 7. The van der Waals surface area contributed by atoms with Crippen LogP contribution in [0.2, 0.25) is 0 Å². The summed E-state index contributed by atoms with van der Waals surface area (Å²) >= 11 is 1.42. The van der Waals surface area contributed by atoms with Gasteiger partial charge in [0.25, 0.3) is 0 Å². The van der Waals surface area contributed by atoms with Crippen molar-refractivity contribution < 1.29 is 19.4 Å². The van der Waals surface area contributed by atoms with E-state index in [1.807, 2.05) is 6.07 Å². The molecule has 0 aliphatic carbocycles. The zero-order valence-electron chi connectivity index (χ0n) is 15.1. The van der Waals surface area contributed by atoms with Crippen molar-refractivity contribution in [3.05, 3.63) is 40.0 Å². The van der Waals surface area contributed by atoms with E-state index >= 15 is 0 Å². The second-order valence-electron chi connectivity index (χ2n) is 5.61. The third kappa shape index (κ3) is 5.83. The molecule has 0 spiro atoms.